The number of anilines is 1. The van der Waals surface area contributed by atoms with Crippen LogP contribution in [-0.2, 0) is 0 Å². The molecule has 0 saturated carbocycles. The third-order valence-electron chi connectivity index (χ3n) is 3.55. The zero-order valence-corrected chi connectivity index (χ0v) is 10.9. The van der Waals surface area contributed by atoms with Crippen molar-refractivity contribution < 1.29 is 9.18 Å². The third kappa shape index (κ3) is 3.92. The molecule has 2 rings (SSSR count). The summed E-state index contributed by atoms with van der Waals surface area (Å²) in [6, 6.07) is 5.78. The van der Waals surface area contributed by atoms with Crippen molar-refractivity contribution in [3.05, 3.63) is 30.1 Å². The predicted molar refractivity (Wildman–Crippen MR) is 73.4 cm³/mol. The van der Waals surface area contributed by atoms with Gasteiger partial charge in [0.2, 0.25) is 0 Å². The fourth-order valence-corrected chi connectivity index (χ4v) is 2.43. The van der Waals surface area contributed by atoms with Gasteiger partial charge in [-0.25, -0.2) is 9.18 Å². The Morgan fingerprint density at radius 2 is 2.16 bits per heavy atom. The zero-order valence-electron chi connectivity index (χ0n) is 10.9. The normalized spacial score (nSPS) is 16.4. The van der Waals surface area contributed by atoms with E-state index in [9.17, 15) is 9.18 Å². The molecule has 0 radical (unpaired) electrons. The molecule has 4 nitrogen and oxygen atoms in total. The fourth-order valence-electron chi connectivity index (χ4n) is 2.43. The van der Waals surface area contributed by atoms with Gasteiger partial charge in [0.1, 0.15) is 5.82 Å². The van der Waals surface area contributed by atoms with E-state index >= 15 is 0 Å². The summed E-state index contributed by atoms with van der Waals surface area (Å²) in [5.41, 5.74) is 6.04. The van der Waals surface area contributed by atoms with Gasteiger partial charge in [0, 0.05) is 18.8 Å². The molecule has 19 heavy (non-hydrogen) atoms. The monoisotopic (exact) mass is 265 g/mol. The van der Waals surface area contributed by atoms with Gasteiger partial charge in [-0.05, 0) is 49.9 Å². The van der Waals surface area contributed by atoms with E-state index in [0.29, 0.717) is 18.2 Å². The van der Waals surface area contributed by atoms with Gasteiger partial charge in [0.15, 0.2) is 0 Å². The first-order chi connectivity index (χ1) is 9.19. The van der Waals surface area contributed by atoms with Gasteiger partial charge in [0.05, 0.1) is 0 Å². The third-order valence-corrected chi connectivity index (χ3v) is 3.55. The van der Waals surface area contributed by atoms with Gasteiger partial charge in [0.25, 0.3) is 0 Å². The number of likely N-dealkylation sites (tertiary alicyclic amines) is 1. The maximum Gasteiger partial charge on any atom is 0.321 e. The molecule has 1 aromatic rings. The molecule has 1 aliphatic rings. The summed E-state index contributed by atoms with van der Waals surface area (Å²) in [7, 11) is 0. The largest absolute Gasteiger partial charge is 0.330 e. The van der Waals surface area contributed by atoms with Crippen LogP contribution in [0.4, 0.5) is 14.9 Å². The van der Waals surface area contributed by atoms with Crippen molar-refractivity contribution >= 4 is 11.7 Å². The van der Waals surface area contributed by atoms with Gasteiger partial charge in [-0.15, -0.1) is 0 Å². The van der Waals surface area contributed by atoms with E-state index in [1.54, 1.807) is 17.0 Å². The Morgan fingerprint density at radius 1 is 1.42 bits per heavy atom. The Kier molecular flexibility index (Phi) is 4.74. The number of hydrogen-bond donors (Lipinski definition) is 2. The molecule has 1 fully saturated rings. The van der Waals surface area contributed by atoms with Crippen LogP contribution < -0.4 is 11.1 Å². The highest BCUT2D eigenvalue weighted by Gasteiger charge is 2.22. The van der Waals surface area contributed by atoms with E-state index in [1.165, 1.54) is 12.1 Å². The first-order valence-electron chi connectivity index (χ1n) is 6.70. The Hall–Kier alpha value is -1.62. The van der Waals surface area contributed by atoms with Gasteiger partial charge < -0.3 is 16.0 Å². The Bertz CT molecular complexity index is 430. The van der Waals surface area contributed by atoms with Crippen molar-refractivity contribution in [3.63, 3.8) is 0 Å². The Labute approximate surface area is 112 Å². The number of rotatable bonds is 3. The van der Waals surface area contributed by atoms with Gasteiger partial charge >= 0.3 is 6.03 Å². The number of carbonyl (C=O) groups excluding carboxylic acids is 1. The number of urea groups is 1. The Morgan fingerprint density at radius 3 is 2.79 bits per heavy atom. The number of benzene rings is 1. The van der Waals surface area contributed by atoms with Crippen LogP contribution in [0.25, 0.3) is 0 Å². The lowest BCUT2D eigenvalue weighted by molar-refractivity contribution is 0.180. The number of hydrogen-bond acceptors (Lipinski definition) is 2. The lowest BCUT2D eigenvalue weighted by atomic mass is 9.94. The van der Waals surface area contributed by atoms with Gasteiger partial charge in [-0.1, -0.05) is 6.07 Å². The standard InChI is InChI=1S/C14H20FN3O/c15-12-2-1-3-13(10-12)17-14(19)18-8-5-11(4-7-16)6-9-18/h1-3,10-11H,4-9,16H2,(H,17,19). The number of nitrogens with two attached hydrogens (primary N) is 1. The van der Waals surface area contributed by atoms with Crippen molar-refractivity contribution in [2.75, 3.05) is 25.0 Å². The molecule has 0 aliphatic carbocycles. The molecular weight excluding hydrogens is 245 g/mol. The number of nitrogens with one attached hydrogen (secondary N) is 1. The second-order valence-corrected chi connectivity index (χ2v) is 4.95. The second kappa shape index (κ2) is 6.52. The minimum atomic E-state index is -0.348. The molecule has 5 heteroatoms. The smallest absolute Gasteiger partial charge is 0.321 e. The molecule has 0 spiro atoms. The first-order valence-corrected chi connectivity index (χ1v) is 6.70. The van der Waals surface area contributed by atoms with Crippen LogP contribution in [0, 0.1) is 11.7 Å². The van der Waals surface area contributed by atoms with Crippen molar-refractivity contribution in [2.24, 2.45) is 11.7 Å². The summed E-state index contributed by atoms with van der Waals surface area (Å²) in [6.45, 7) is 2.19. The molecule has 104 valence electrons. The van der Waals surface area contributed by atoms with E-state index in [-0.39, 0.29) is 11.8 Å². The summed E-state index contributed by atoms with van der Waals surface area (Å²) in [4.78, 5) is 13.8. The molecule has 0 bridgehead atoms. The van der Waals surface area contributed by atoms with Crippen LogP contribution in [0.1, 0.15) is 19.3 Å². The van der Waals surface area contributed by atoms with Crippen LogP contribution in [0.15, 0.2) is 24.3 Å². The maximum absolute atomic E-state index is 13.0. The average Bonchev–Trinajstić information content (AvgIpc) is 2.40. The summed E-state index contributed by atoms with van der Waals surface area (Å²) in [5, 5.41) is 2.72. The molecule has 0 aromatic heterocycles. The molecule has 1 heterocycles. The maximum atomic E-state index is 13.0. The summed E-state index contributed by atoms with van der Waals surface area (Å²) in [5.74, 6) is 0.280. The van der Waals surface area contributed by atoms with E-state index in [1.807, 2.05) is 0 Å². The lowest BCUT2D eigenvalue weighted by Crippen LogP contribution is -2.41. The van der Waals surface area contributed by atoms with Crippen LogP contribution in [0.2, 0.25) is 0 Å². The van der Waals surface area contributed by atoms with Crippen LogP contribution in [0.3, 0.4) is 0 Å². The summed E-state index contributed by atoms with van der Waals surface area (Å²) in [6.07, 6.45) is 3.01. The first kappa shape index (κ1) is 13.8. The van der Waals surface area contributed by atoms with E-state index in [4.69, 9.17) is 5.73 Å². The SMILES string of the molecule is NCCC1CCN(C(=O)Nc2cccc(F)c2)CC1. The number of piperidine rings is 1. The summed E-state index contributed by atoms with van der Waals surface area (Å²) >= 11 is 0. The van der Waals surface area contributed by atoms with Gasteiger partial charge in [-0.2, -0.15) is 0 Å². The minimum Gasteiger partial charge on any atom is -0.330 e. The molecule has 1 aliphatic heterocycles. The fraction of sp³-hybridized carbons (Fsp3) is 0.500. The van der Waals surface area contributed by atoms with Crippen LogP contribution in [-0.4, -0.2) is 30.6 Å². The lowest BCUT2D eigenvalue weighted by Gasteiger charge is -2.31. The predicted octanol–water partition coefficient (Wildman–Crippen LogP) is 2.42. The highest BCUT2D eigenvalue weighted by molar-refractivity contribution is 5.89. The summed E-state index contributed by atoms with van der Waals surface area (Å²) < 4.78 is 13.0. The molecule has 1 aromatic carbocycles. The number of carbonyl (C=O) groups is 1. The van der Waals surface area contributed by atoms with Crippen molar-refractivity contribution in [2.45, 2.75) is 19.3 Å². The second-order valence-electron chi connectivity index (χ2n) is 4.95. The molecule has 0 unspecified atom stereocenters. The van der Waals surface area contributed by atoms with E-state index in [0.717, 1.165) is 32.4 Å². The van der Waals surface area contributed by atoms with Gasteiger partial charge in [-0.3, -0.25) is 0 Å². The Balaban J connectivity index is 1.84. The van der Waals surface area contributed by atoms with Crippen molar-refractivity contribution in [3.8, 4) is 0 Å². The van der Waals surface area contributed by atoms with Crippen molar-refractivity contribution in [1.82, 2.24) is 4.90 Å². The minimum absolute atomic E-state index is 0.156. The van der Waals surface area contributed by atoms with Crippen molar-refractivity contribution in [1.29, 1.82) is 0 Å². The molecule has 1 saturated heterocycles. The van der Waals surface area contributed by atoms with Crippen LogP contribution >= 0.6 is 0 Å². The zero-order chi connectivity index (χ0) is 13.7. The number of nitrogens with zero attached hydrogens (tertiary/aromatic N) is 1. The highest BCUT2D eigenvalue weighted by atomic mass is 19.1. The van der Waals surface area contributed by atoms with E-state index < -0.39 is 0 Å². The highest BCUT2D eigenvalue weighted by Crippen LogP contribution is 2.20. The quantitative estimate of drug-likeness (QED) is 0.881. The number of amides is 2. The molecule has 3 N–H and O–H groups in total. The molecule has 0 atom stereocenters. The van der Waals surface area contributed by atoms with E-state index in [2.05, 4.69) is 5.32 Å². The average molecular weight is 265 g/mol. The van der Waals surface area contributed by atoms with Crippen LogP contribution in [0.5, 0.6) is 0 Å². The topological polar surface area (TPSA) is 58.4 Å². The number of halogens is 1. The molecular formula is C14H20FN3O. The molecule has 2 amide bonds.